The summed E-state index contributed by atoms with van der Waals surface area (Å²) in [5, 5.41) is 2.51. The molecule has 0 saturated heterocycles. The van der Waals surface area contributed by atoms with Crippen LogP contribution in [0.2, 0.25) is 5.02 Å². The number of rotatable bonds is 3. The van der Waals surface area contributed by atoms with E-state index in [1.807, 2.05) is 0 Å². The van der Waals surface area contributed by atoms with Crippen LogP contribution < -0.4 is 11.1 Å². The van der Waals surface area contributed by atoms with Crippen LogP contribution in [-0.4, -0.2) is 12.5 Å². The topological polar surface area (TPSA) is 55.1 Å². The maximum absolute atomic E-state index is 12.3. The lowest BCUT2D eigenvalue weighted by molar-refractivity contribution is -0.137. The van der Waals surface area contributed by atoms with E-state index in [2.05, 4.69) is 5.32 Å². The molecule has 0 unspecified atom stereocenters. The monoisotopic (exact) mass is 252 g/mol. The van der Waals surface area contributed by atoms with Crippen molar-refractivity contribution in [3.8, 4) is 0 Å². The van der Waals surface area contributed by atoms with Crippen LogP contribution in [0.15, 0.2) is 18.2 Å². The molecule has 3 nitrogen and oxygen atoms in total. The minimum absolute atomic E-state index is 0.0234. The summed E-state index contributed by atoms with van der Waals surface area (Å²) in [6.45, 7) is -0.277. The first-order valence-electron chi connectivity index (χ1n) is 4.19. The average molecular weight is 253 g/mol. The lowest BCUT2D eigenvalue weighted by atomic mass is 10.2. The number of hydrogen-bond donors (Lipinski definition) is 2. The molecular weight excluding hydrogens is 245 g/mol. The summed E-state index contributed by atoms with van der Waals surface area (Å²) in [6, 6.07) is 2.79. The Bertz CT molecular complexity index is 406. The molecule has 0 spiro atoms. The Morgan fingerprint density at radius 1 is 1.44 bits per heavy atom. The lowest BCUT2D eigenvalue weighted by Crippen LogP contribution is -2.22. The van der Waals surface area contributed by atoms with Crippen molar-refractivity contribution in [2.75, 3.05) is 11.9 Å². The van der Waals surface area contributed by atoms with Crippen molar-refractivity contribution in [2.45, 2.75) is 6.18 Å². The van der Waals surface area contributed by atoms with E-state index < -0.39 is 17.6 Å². The molecule has 0 aliphatic heterocycles. The third-order valence-electron chi connectivity index (χ3n) is 1.75. The van der Waals surface area contributed by atoms with Crippen LogP contribution in [0.5, 0.6) is 0 Å². The Labute approximate surface area is 94.4 Å². The maximum Gasteiger partial charge on any atom is 0.416 e. The third kappa shape index (κ3) is 3.30. The fraction of sp³-hybridized carbons (Fsp3) is 0.222. The fourth-order valence-corrected chi connectivity index (χ4v) is 1.20. The van der Waals surface area contributed by atoms with Crippen molar-refractivity contribution in [1.29, 1.82) is 0 Å². The van der Waals surface area contributed by atoms with Gasteiger partial charge in [0.1, 0.15) is 0 Å². The van der Waals surface area contributed by atoms with Crippen LogP contribution in [-0.2, 0) is 11.0 Å². The number of amides is 1. The molecule has 0 aromatic heterocycles. The van der Waals surface area contributed by atoms with E-state index in [4.69, 9.17) is 17.3 Å². The van der Waals surface area contributed by atoms with Gasteiger partial charge in [0, 0.05) is 0 Å². The normalized spacial score (nSPS) is 11.2. The molecule has 0 fully saturated rings. The molecule has 0 aliphatic rings. The van der Waals surface area contributed by atoms with Crippen molar-refractivity contribution in [1.82, 2.24) is 0 Å². The highest BCUT2D eigenvalue weighted by atomic mass is 35.5. The van der Waals surface area contributed by atoms with Gasteiger partial charge in [-0.3, -0.25) is 4.79 Å². The smallest absolute Gasteiger partial charge is 0.375 e. The minimum Gasteiger partial charge on any atom is -0.375 e. The number of benzene rings is 1. The Morgan fingerprint density at radius 3 is 2.56 bits per heavy atom. The average Bonchev–Trinajstić information content (AvgIpc) is 2.14. The number of carbonyl (C=O) groups excluding carboxylic acids is 1. The number of hydrogen-bond acceptors (Lipinski definition) is 2. The fourth-order valence-electron chi connectivity index (χ4n) is 1.02. The lowest BCUT2D eigenvalue weighted by Gasteiger charge is -2.11. The van der Waals surface area contributed by atoms with Crippen LogP contribution in [0.3, 0.4) is 0 Å². The summed E-state index contributed by atoms with van der Waals surface area (Å²) in [5.74, 6) is -0.687. The van der Waals surface area contributed by atoms with Gasteiger partial charge >= 0.3 is 6.18 Å². The van der Waals surface area contributed by atoms with Gasteiger partial charge in [0.05, 0.1) is 22.8 Å². The largest absolute Gasteiger partial charge is 0.416 e. The summed E-state index contributed by atoms with van der Waals surface area (Å²) in [6.07, 6.45) is -4.45. The van der Waals surface area contributed by atoms with Crippen LogP contribution in [0, 0.1) is 0 Å². The molecule has 1 amide bonds. The minimum atomic E-state index is -4.45. The van der Waals surface area contributed by atoms with E-state index in [-0.39, 0.29) is 17.3 Å². The molecule has 7 heteroatoms. The molecule has 16 heavy (non-hydrogen) atoms. The van der Waals surface area contributed by atoms with Gasteiger partial charge in [0.25, 0.3) is 0 Å². The Hall–Kier alpha value is -1.43. The van der Waals surface area contributed by atoms with Gasteiger partial charge < -0.3 is 11.1 Å². The summed E-state index contributed by atoms with van der Waals surface area (Å²) in [4.78, 5) is 10.5. The molecule has 0 heterocycles. The number of alkyl halides is 3. The Balaban J connectivity index is 2.95. The van der Waals surface area contributed by atoms with Crippen molar-refractivity contribution in [3.05, 3.63) is 28.8 Å². The van der Waals surface area contributed by atoms with Crippen LogP contribution >= 0.6 is 11.6 Å². The van der Waals surface area contributed by atoms with Gasteiger partial charge in [-0.15, -0.1) is 0 Å². The molecule has 1 aromatic rings. The van der Waals surface area contributed by atoms with E-state index in [9.17, 15) is 18.0 Å². The maximum atomic E-state index is 12.3. The third-order valence-corrected chi connectivity index (χ3v) is 2.08. The Morgan fingerprint density at radius 2 is 2.06 bits per heavy atom. The molecular formula is C9H8ClF3N2O. The summed E-state index contributed by atoms with van der Waals surface area (Å²) in [5.41, 5.74) is 4.03. The van der Waals surface area contributed by atoms with Crippen LogP contribution in [0.4, 0.5) is 18.9 Å². The first kappa shape index (κ1) is 12.6. The number of nitrogens with one attached hydrogen (secondary N) is 1. The van der Waals surface area contributed by atoms with E-state index in [0.29, 0.717) is 0 Å². The van der Waals surface area contributed by atoms with E-state index in [1.165, 1.54) is 0 Å². The second kappa shape index (κ2) is 4.61. The first-order valence-corrected chi connectivity index (χ1v) is 4.57. The van der Waals surface area contributed by atoms with Crippen molar-refractivity contribution in [2.24, 2.45) is 5.73 Å². The zero-order valence-electron chi connectivity index (χ0n) is 7.94. The molecule has 0 atom stereocenters. The quantitative estimate of drug-likeness (QED) is 0.867. The standard InChI is InChI=1S/C9H8ClF3N2O/c10-6-2-1-5(9(11,12)13)3-7(6)15-4-8(14)16/h1-3,15H,4H2,(H2,14,16). The Kier molecular flexibility index (Phi) is 3.64. The van der Waals surface area contributed by atoms with E-state index in [0.717, 1.165) is 18.2 Å². The van der Waals surface area contributed by atoms with Gasteiger partial charge in [-0.25, -0.2) is 0 Å². The van der Waals surface area contributed by atoms with Crippen LogP contribution in [0.1, 0.15) is 5.56 Å². The molecule has 3 N–H and O–H groups in total. The molecule has 0 bridgehead atoms. The van der Waals surface area contributed by atoms with Crippen LogP contribution in [0.25, 0.3) is 0 Å². The molecule has 1 aromatic carbocycles. The summed E-state index contributed by atoms with van der Waals surface area (Å²) >= 11 is 5.65. The van der Waals surface area contributed by atoms with E-state index in [1.54, 1.807) is 0 Å². The number of carbonyl (C=O) groups is 1. The van der Waals surface area contributed by atoms with E-state index >= 15 is 0 Å². The van der Waals surface area contributed by atoms with Gasteiger partial charge in [0.2, 0.25) is 5.91 Å². The number of nitrogens with two attached hydrogens (primary N) is 1. The number of anilines is 1. The molecule has 0 aliphatic carbocycles. The summed E-state index contributed by atoms with van der Waals surface area (Å²) in [7, 11) is 0. The van der Waals surface area contributed by atoms with Gasteiger partial charge in [-0.2, -0.15) is 13.2 Å². The van der Waals surface area contributed by atoms with Gasteiger partial charge in [0.15, 0.2) is 0 Å². The zero-order valence-corrected chi connectivity index (χ0v) is 8.69. The SMILES string of the molecule is NC(=O)CNc1cc(C(F)(F)F)ccc1Cl. The number of halogens is 4. The van der Waals surface area contributed by atoms with Crippen molar-refractivity contribution >= 4 is 23.2 Å². The molecule has 1 rings (SSSR count). The molecule has 0 saturated carbocycles. The number of primary amides is 1. The second-order valence-corrected chi connectivity index (χ2v) is 3.42. The van der Waals surface area contributed by atoms with Gasteiger partial charge in [-0.05, 0) is 18.2 Å². The molecule has 88 valence electrons. The predicted octanol–water partition coefficient (Wildman–Crippen LogP) is 2.26. The van der Waals surface area contributed by atoms with Crippen molar-refractivity contribution < 1.29 is 18.0 Å². The second-order valence-electron chi connectivity index (χ2n) is 3.01. The zero-order chi connectivity index (χ0) is 12.3. The van der Waals surface area contributed by atoms with Crippen molar-refractivity contribution in [3.63, 3.8) is 0 Å². The first-order chi connectivity index (χ1) is 7.30. The van der Waals surface area contributed by atoms with Gasteiger partial charge in [-0.1, -0.05) is 11.6 Å². The highest BCUT2D eigenvalue weighted by Gasteiger charge is 2.30. The molecule has 0 radical (unpaired) electrons. The highest BCUT2D eigenvalue weighted by molar-refractivity contribution is 6.33. The summed E-state index contributed by atoms with van der Waals surface area (Å²) < 4.78 is 37.0. The highest BCUT2D eigenvalue weighted by Crippen LogP contribution is 2.33. The predicted molar refractivity (Wildman–Crippen MR) is 54.1 cm³/mol.